The molecule has 0 aromatic heterocycles. The van der Waals surface area contributed by atoms with Crippen molar-refractivity contribution in [2.75, 3.05) is 0 Å². The Kier molecular flexibility index (Phi) is 3.17. The predicted octanol–water partition coefficient (Wildman–Crippen LogP) is 1.85. The van der Waals surface area contributed by atoms with E-state index in [1.165, 1.54) is 0 Å². The molecule has 1 aliphatic carbocycles. The SMILES string of the molecule is O=CNC1CCCC(C(F)(F)F)C1. The Balaban J connectivity index is 2.46. The van der Waals surface area contributed by atoms with Crippen molar-refractivity contribution in [2.45, 2.75) is 37.9 Å². The highest BCUT2D eigenvalue weighted by molar-refractivity contribution is 5.46. The fourth-order valence-corrected chi connectivity index (χ4v) is 1.73. The van der Waals surface area contributed by atoms with Crippen LogP contribution in [0.15, 0.2) is 0 Å². The van der Waals surface area contributed by atoms with Gasteiger partial charge in [-0.1, -0.05) is 6.42 Å². The van der Waals surface area contributed by atoms with E-state index in [0.717, 1.165) is 0 Å². The molecule has 5 heteroatoms. The van der Waals surface area contributed by atoms with Crippen LogP contribution in [-0.2, 0) is 4.79 Å². The molecular formula is C8H12F3NO. The van der Waals surface area contributed by atoms with Gasteiger partial charge in [-0.05, 0) is 19.3 Å². The first-order valence-electron chi connectivity index (χ1n) is 4.30. The van der Waals surface area contributed by atoms with Crippen LogP contribution in [0, 0.1) is 5.92 Å². The summed E-state index contributed by atoms with van der Waals surface area (Å²) in [6.45, 7) is 0. The molecule has 0 spiro atoms. The van der Waals surface area contributed by atoms with E-state index < -0.39 is 12.1 Å². The summed E-state index contributed by atoms with van der Waals surface area (Å²) < 4.78 is 36.7. The zero-order valence-electron chi connectivity index (χ0n) is 7.10. The van der Waals surface area contributed by atoms with Crippen molar-refractivity contribution in [2.24, 2.45) is 5.92 Å². The van der Waals surface area contributed by atoms with Crippen molar-refractivity contribution in [1.29, 1.82) is 0 Å². The highest BCUT2D eigenvalue weighted by Crippen LogP contribution is 2.37. The van der Waals surface area contributed by atoms with Crippen LogP contribution in [-0.4, -0.2) is 18.6 Å². The molecule has 1 amide bonds. The van der Waals surface area contributed by atoms with Gasteiger partial charge in [0.15, 0.2) is 0 Å². The van der Waals surface area contributed by atoms with Gasteiger partial charge in [0.05, 0.1) is 5.92 Å². The van der Waals surface area contributed by atoms with E-state index in [2.05, 4.69) is 5.32 Å². The third-order valence-corrected chi connectivity index (χ3v) is 2.44. The Morgan fingerprint density at radius 3 is 2.54 bits per heavy atom. The van der Waals surface area contributed by atoms with Gasteiger partial charge in [0, 0.05) is 6.04 Å². The van der Waals surface area contributed by atoms with E-state index in [1.54, 1.807) is 0 Å². The summed E-state index contributed by atoms with van der Waals surface area (Å²) in [7, 11) is 0. The Labute approximate surface area is 74.5 Å². The van der Waals surface area contributed by atoms with Gasteiger partial charge in [0.1, 0.15) is 0 Å². The van der Waals surface area contributed by atoms with Crippen LogP contribution in [0.25, 0.3) is 0 Å². The summed E-state index contributed by atoms with van der Waals surface area (Å²) in [4.78, 5) is 10.0. The van der Waals surface area contributed by atoms with Gasteiger partial charge in [-0.25, -0.2) is 0 Å². The predicted molar refractivity (Wildman–Crippen MR) is 41.0 cm³/mol. The lowest BCUT2D eigenvalue weighted by molar-refractivity contribution is -0.183. The fraction of sp³-hybridized carbons (Fsp3) is 0.875. The summed E-state index contributed by atoms with van der Waals surface area (Å²) >= 11 is 0. The molecule has 2 atom stereocenters. The number of nitrogens with one attached hydrogen (secondary N) is 1. The molecule has 13 heavy (non-hydrogen) atoms. The molecule has 2 nitrogen and oxygen atoms in total. The first kappa shape index (κ1) is 10.3. The first-order chi connectivity index (χ1) is 6.04. The molecule has 0 saturated heterocycles. The highest BCUT2D eigenvalue weighted by atomic mass is 19.4. The molecular weight excluding hydrogens is 183 g/mol. The Hall–Kier alpha value is -0.740. The minimum Gasteiger partial charge on any atom is -0.356 e. The van der Waals surface area contributed by atoms with Crippen LogP contribution < -0.4 is 5.32 Å². The van der Waals surface area contributed by atoms with Crippen LogP contribution in [0.5, 0.6) is 0 Å². The van der Waals surface area contributed by atoms with Crippen LogP contribution >= 0.6 is 0 Å². The highest BCUT2D eigenvalue weighted by Gasteiger charge is 2.41. The molecule has 1 rings (SSSR count). The normalized spacial score (nSPS) is 29.8. The smallest absolute Gasteiger partial charge is 0.356 e. The molecule has 0 aromatic carbocycles. The fourth-order valence-electron chi connectivity index (χ4n) is 1.73. The van der Waals surface area contributed by atoms with Crippen molar-refractivity contribution in [3.8, 4) is 0 Å². The minimum atomic E-state index is -4.11. The van der Waals surface area contributed by atoms with E-state index in [4.69, 9.17) is 0 Å². The van der Waals surface area contributed by atoms with E-state index >= 15 is 0 Å². The molecule has 1 fully saturated rings. The van der Waals surface area contributed by atoms with E-state index in [1.807, 2.05) is 0 Å². The van der Waals surface area contributed by atoms with Gasteiger partial charge < -0.3 is 5.32 Å². The maximum absolute atomic E-state index is 12.2. The number of hydrogen-bond acceptors (Lipinski definition) is 1. The minimum absolute atomic E-state index is 0.0300. The Morgan fingerprint density at radius 2 is 2.00 bits per heavy atom. The van der Waals surface area contributed by atoms with Crippen LogP contribution in [0.3, 0.4) is 0 Å². The topological polar surface area (TPSA) is 29.1 Å². The molecule has 0 aliphatic heterocycles. The number of carbonyl (C=O) groups excluding carboxylic acids is 1. The lowest BCUT2D eigenvalue weighted by Gasteiger charge is -2.29. The summed E-state index contributed by atoms with van der Waals surface area (Å²) in [5.74, 6) is -1.24. The van der Waals surface area contributed by atoms with Crippen molar-refractivity contribution in [3.63, 3.8) is 0 Å². The number of halogens is 3. The van der Waals surface area contributed by atoms with Gasteiger partial charge >= 0.3 is 6.18 Å². The summed E-state index contributed by atoms with van der Waals surface area (Å²) in [5, 5.41) is 2.41. The molecule has 1 aliphatic rings. The summed E-state index contributed by atoms with van der Waals surface area (Å²) in [6.07, 6.45) is -2.21. The van der Waals surface area contributed by atoms with Crippen LogP contribution in [0.4, 0.5) is 13.2 Å². The van der Waals surface area contributed by atoms with Crippen LogP contribution in [0.1, 0.15) is 25.7 Å². The van der Waals surface area contributed by atoms with Gasteiger partial charge in [0.2, 0.25) is 6.41 Å². The number of amides is 1. The lowest BCUT2D eigenvalue weighted by Crippen LogP contribution is -2.38. The maximum Gasteiger partial charge on any atom is 0.391 e. The molecule has 0 aromatic rings. The van der Waals surface area contributed by atoms with E-state index in [9.17, 15) is 18.0 Å². The molecule has 1 N–H and O–H groups in total. The molecule has 1 saturated carbocycles. The second-order valence-electron chi connectivity index (χ2n) is 3.39. The molecule has 0 radical (unpaired) electrons. The molecule has 76 valence electrons. The Morgan fingerprint density at radius 1 is 1.31 bits per heavy atom. The largest absolute Gasteiger partial charge is 0.391 e. The molecule has 0 bridgehead atoms. The monoisotopic (exact) mass is 195 g/mol. The molecule has 0 heterocycles. The molecule has 2 unspecified atom stereocenters. The quantitative estimate of drug-likeness (QED) is 0.669. The zero-order valence-corrected chi connectivity index (χ0v) is 7.10. The van der Waals surface area contributed by atoms with Crippen molar-refractivity contribution in [3.05, 3.63) is 0 Å². The van der Waals surface area contributed by atoms with Crippen molar-refractivity contribution >= 4 is 6.41 Å². The number of alkyl halides is 3. The Bertz CT molecular complexity index is 181. The van der Waals surface area contributed by atoms with Gasteiger partial charge in [0.25, 0.3) is 0 Å². The van der Waals surface area contributed by atoms with Gasteiger partial charge in [-0.15, -0.1) is 0 Å². The average Bonchev–Trinajstić information content (AvgIpc) is 2.04. The third kappa shape index (κ3) is 2.90. The van der Waals surface area contributed by atoms with Gasteiger partial charge in [-0.2, -0.15) is 13.2 Å². The standard InChI is InChI=1S/C8H12F3NO/c9-8(10,11)6-2-1-3-7(4-6)12-5-13/h5-7H,1-4H2,(H,12,13). The number of carbonyl (C=O) groups is 1. The number of rotatable bonds is 2. The first-order valence-corrected chi connectivity index (χ1v) is 4.30. The van der Waals surface area contributed by atoms with E-state index in [-0.39, 0.29) is 18.9 Å². The number of hydrogen-bond donors (Lipinski definition) is 1. The van der Waals surface area contributed by atoms with E-state index in [0.29, 0.717) is 19.3 Å². The third-order valence-electron chi connectivity index (χ3n) is 2.44. The maximum atomic E-state index is 12.2. The van der Waals surface area contributed by atoms with Crippen LogP contribution in [0.2, 0.25) is 0 Å². The average molecular weight is 195 g/mol. The second-order valence-corrected chi connectivity index (χ2v) is 3.39. The van der Waals surface area contributed by atoms with Gasteiger partial charge in [-0.3, -0.25) is 4.79 Å². The lowest BCUT2D eigenvalue weighted by atomic mass is 9.85. The second kappa shape index (κ2) is 3.98. The summed E-state index contributed by atoms with van der Waals surface area (Å²) in [6, 6.07) is -0.294. The van der Waals surface area contributed by atoms with Crippen molar-refractivity contribution < 1.29 is 18.0 Å². The zero-order chi connectivity index (χ0) is 9.90. The summed E-state index contributed by atoms with van der Waals surface area (Å²) in [5.41, 5.74) is 0. The van der Waals surface area contributed by atoms with Crippen molar-refractivity contribution in [1.82, 2.24) is 5.32 Å².